The molecule has 5 nitrogen and oxygen atoms in total. The normalized spacial score (nSPS) is 13.7. The third kappa shape index (κ3) is 4.05. The molecule has 1 atom stereocenters. The van der Waals surface area contributed by atoms with Gasteiger partial charge in [0.25, 0.3) is 0 Å². The molecular weight excluding hydrogens is 229 g/mol. The zero-order valence-corrected chi connectivity index (χ0v) is 8.78. The summed E-state index contributed by atoms with van der Waals surface area (Å²) in [6.45, 7) is 1.50. The van der Waals surface area contributed by atoms with Gasteiger partial charge < -0.3 is 10.8 Å². The van der Waals surface area contributed by atoms with Gasteiger partial charge in [-0.25, -0.2) is 4.90 Å². The van der Waals surface area contributed by atoms with Crippen molar-refractivity contribution in [3.63, 3.8) is 0 Å². The Morgan fingerprint density at radius 1 is 1.38 bits per heavy atom. The lowest BCUT2D eigenvalue weighted by Gasteiger charge is -2.27. The maximum Gasteiger partial charge on any atom is 0.487 e. The molecule has 0 spiro atoms. The highest BCUT2D eigenvalue weighted by molar-refractivity contribution is 5.85. The van der Waals surface area contributed by atoms with Crippen LogP contribution in [-0.2, 0) is 9.59 Å². The van der Waals surface area contributed by atoms with Gasteiger partial charge in [-0.3, -0.25) is 9.59 Å². The lowest BCUT2D eigenvalue weighted by molar-refractivity contribution is -0.242. The molecule has 0 bridgehead atoms. The topological polar surface area (TPSA) is 83.6 Å². The van der Waals surface area contributed by atoms with E-state index in [0.717, 1.165) is 0 Å². The molecule has 0 aromatic carbocycles. The summed E-state index contributed by atoms with van der Waals surface area (Å²) in [5.74, 6) is -3.70. The molecule has 8 heteroatoms. The van der Waals surface area contributed by atoms with Crippen LogP contribution in [-0.4, -0.2) is 40.8 Å². The summed E-state index contributed by atoms with van der Waals surface area (Å²) in [5.41, 5.74) is 5.25. The highest BCUT2D eigenvalue weighted by Gasteiger charge is 2.44. The number of nitrogens with two attached hydrogens (primary N) is 1. The van der Waals surface area contributed by atoms with E-state index in [9.17, 15) is 22.8 Å². The molecule has 0 aliphatic carbocycles. The smallest absolute Gasteiger partial charge is 0.480 e. The van der Waals surface area contributed by atoms with E-state index in [1.165, 1.54) is 13.8 Å². The molecule has 1 amide bonds. The summed E-state index contributed by atoms with van der Waals surface area (Å²) in [6.07, 6.45) is -5.04. The van der Waals surface area contributed by atoms with Crippen molar-refractivity contribution >= 4 is 11.9 Å². The Bertz CT molecular complexity index is 278. The zero-order chi connectivity index (χ0) is 13.1. The predicted octanol–water partition coefficient (Wildman–Crippen LogP) is 0.403. The van der Waals surface area contributed by atoms with Crippen molar-refractivity contribution < 1.29 is 27.9 Å². The Morgan fingerprint density at radius 2 is 1.81 bits per heavy atom. The first kappa shape index (κ1) is 14.7. The zero-order valence-electron chi connectivity index (χ0n) is 8.78. The van der Waals surface area contributed by atoms with Gasteiger partial charge in [-0.1, -0.05) is 13.8 Å². The molecule has 0 aliphatic heterocycles. The second-order valence-corrected chi connectivity index (χ2v) is 3.56. The number of rotatable bonds is 4. The van der Waals surface area contributed by atoms with E-state index in [0.29, 0.717) is 0 Å². The second-order valence-electron chi connectivity index (χ2n) is 3.56. The summed E-state index contributed by atoms with van der Waals surface area (Å²) >= 11 is 0. The first-order valence-electron chi connectivity index (χ1n) is 4.43. The fourth-order valence-electron chi connectivity index (χ4n) is 0.893. The Balaban J connectivity index is 4.91. The van der Waals surface area contributed by atoms with Crippen molar-refractivity contribution in [3.05, 3.63) is 0 Å². The van der Waals surface area contributed by atoms with Gasteiger partial charge in [-0.05, 0) is 5.92 Å². The van der Waals surface area contributed by atoms with E-state index in [1.54, 1.807) is 0 Å². The van der Waals surface area contributed by atoms with Crippen LogP contribution in [0.15, 0.2) is 0 Å². The summed E-state index contributed by atoms with van der Waals surface area (Å²) in [5, 5.41) is 8.28. The van der Waals surface area contributed by atoms with Gasteiger partial charge in [0.15, 0.2) is 0 Å². The minimum atomic E-state index is -5.04. The average Bonchev–Trinajstić information content (AvgIpc) is 2.09. The van der Waals surface area contributed by atoms with Crippen molar-refractivity contribution in [2.24, 2.45) is 11.7 Å². The van der Waals surface area contributed by atoms with Crippen molar-refractivity contribution in [2.75, 3.05) is 6.54 Å². The molecule has 0 aromatic rings. The number of halogens is 3. The lowest BCUT2D eigenvalue weighted by atomic mass is 10.0. The van der Waals surface area contributed by atoms with Crippen LogP contribution in [0, 0.1) is 5.92 Å². The Morgan fingerprint density at radius 3 is 2.06 bits per heavy atom. The molecule has 0 fully saturated rings. The molecule has 16 heavy (non-hydrogen) atoms. The number of carbonyl (C=O) groups is 2. The van der Waals surface area contributed by atoms with Crippen LogP contribution in [0.2, 0.25) is 0 Å². The highest BCUT2D eigenvalue weighted by atomic mass is 19.4. The van der Waals surface area contributed by atoms with Gasteiger partial charge in [0.1, 0.15) is 6.54 Å². The maximum atomic E-state index is 12.3. The lowest BCUT2D eigenvalue weighted by Crippen LogP contribution is -2.53. The second kappa shape index (κ2) is 5.15. The van der Waals surface area contributed by atoms with Crippen LogP contribution in [0.1, 0.15) is 13.8 Å². The first-order valence-corrected chi connectivity index (χ1v) is 4.43. The van der Waals surface area contributed by atoms with Gasteiger partial charge in [0.05, 0.1) is 6.04 Å². The average molecular weight is 242 g/mol. The van der Waals surface area contributed by atoms with Gasteiger partial charge in [0.2, 0.25) is 5.91 Å². The van der Waals surface area contributed by atoms with Crippen LogP contribution < -0.4 is 5.73 Å². The van der Waals surface area contributed by atoms with E-state index < -0.39 is 41.6 Å². The maximum absolute atomic E-state index is 12.3. The summed E-state index contributed by atoms with van der Waals surface area (Å²) in [4.78, 5) is 20.8. The third-order valence-corrected chi connectivity index (χ3v) is 1.87. The summed E-state index contributed by atoms with van der Waals surface area (Å²) in [6, 6.07) is -1.37. The van der Waals surface area contributed by atoms with Crippen molar-refractivity contribution in [3.8, 4) is 0 Å². The molecule has 94 valence electrons. The third-order valence-electron chi connectivity index (χ3n) is 1.87. The van der Waals surface area contributed by atoms with Crippen molar-refractivity contribution in [2.45, 2.75) is 26.2 Å². The fourth-order valence-corrected chi connectivity index (χ4v) is 0.893. The van der Waals surface area contributed by atoms with Gasteiger partial charge >= 0.3 is 12.3 Å². The Labute approximate surface area is 90.0 Å². The van der Waals surface area contributed by atoms with Crippen LogP contribution in [0.25, 0.3) is 0 Å². The van der Waals surface area contributed by atoms with E-state index in [1.807, 2.05) is 0 Å². The van der Waals surface area contributed by atoms with Crippen molar-refractivity contribution in [1.82, 2.24) is 4.90 Å². The van der Waals surface area contributed by atoms with E-state index in [4.69, 9.17) is 10.8 Å². The summed E-state index contributed by atoms with van der Waals surface area (Å²) < 4.78 is 37.0. The number of alkyl halides is 3. The van der Waals surface area contributed by atoms with Gasteiger partial charge in [-0.15, -0.1) is 13.2 Å². The minimum Gasteiger partial charge on any atom is -0.480 e. The molecule has 3 N–H and O–H groups in total. The number of hydrogen-bond acceptors (Lipinski definition) is 3. The van der Waals surface area contributed by atoms with Crippen LogP contribution in [0.5, 0.6) is 0 Å². The number of nitrogens with zero attached hydrogens (tertiary/aromatic N) is 1. The standard InChI is InChI=1S/C8H13F3N2O3/c1-4(2)6(12)7(16)13(3-5(14)15)8(9,10)11/h4,6H,3,12H2,1-2H3,(H,14,15). The molecule has 0 rings (SSSR count). The van der Waals surface area contributed by atoms with E-state index in [2.05, 4.69) is 0 Å². The molecule has 0 saturated heterocycles. The number of hydrogen-bond donors (Lipinski definition) is 2. The monoisotopic (exact) mass is 242 g/mol. The van der Waals surface area contributed by atoms with E-state index >= 15 is 0 Å². The highest BCUT2D eigenvalue weighted by Crippen LogP contribution is 2.22. The number of amides is 1. The molecule has 0 aromatic heterocycles. The number of aliphatic carboxylic acids is 1. The van der Waals surface area contributed by atoms with Gasteiger partial charge in [-0.2, -0.15) is 0 Å². The molecule has 1 unspecified atom stereocenters. The number of carbonyl (C=O) groups excluding carboxylic acids is 1. The largest absolute Gasteiger partial charge is 0.487 e. The molecule has 0 heterocycles. The Hall–Kier alpha value is -1.31. The summed E-state index contributed by atoms with van der Waals surface area (Å²) in [7, 11) is 0. The van der Waals surface area contributed by atoms with Gasteiger partial charge in [0, 0.05) is 0 Å². The molecule has 0 aliphatic rings. The van der Waals surface area contributed by atoms with Crippen LogP contribution >= 0.6 is 0 Å². The quantitative estimate of drug-likeness (QED) is 0.699. The number of carboxylic acid groups (broad SMARTS) is 1. The fraction of sp³-hybridized carbons (Fsp3) is 0.750. The predicted molar refractivity (Wildman–Crippen MR) is 48.2 cm³/mol. The van der Waals surface area contributed by atoms with Crippen LogP contribution in [0.3, 0.4) is 0 Å². The SMILES string of the molecule is CC(C)C(N)C(=O)N(CC(=O)O)C(F)(F)F. The van der Waals surface area contributed by atoms with E-state index in [-0.39, 0.29) is 0 Å². The molecule has 0 saturated carbocycles. The first-order chi connectivity index (χ1) is 7.07. The van der Waals surface area contributed by atoms with Crippen LogP contribution in [0.4, 0.5) is 13.2 Å². The number of carboxylic acids is 1. The Kier molecular flexibility index (Phi) is 4.73. The van der Waals surface area contributed by atoms with Crippen molar-refractivity contribution in [1.29, 1.82) is 0 Å². The molecular formula is C8H13F3N2O3. The molecule has 0 radical (unpaired) electrons. The minimum absolute atomic E-state index is 0.508.